The summed E-state index contributed by atoms with van der Waals surface area (Å²) in [7, 11) is 2.18. The van der Waals surface area contributed by atoms with Crippen molar-refractivity contribution in [3.05, 3.63) is 0 Å². The Bertz CT molecular complexity index is 253. The van der Waals surface area contributed by atoms with E-state index in [-0.39, 0.29) is 5.54 Å². The number of ether oxygens (including phenoxy) is 1. The zero-order valence-corrected chi connectivity index (χ0v) is 12.0. The lowest BCUT2D eigenvalue weighted by atomic mass is 9.94. The van der Waals surface area contributed by atoms with Crippen molar-refractivity contribution in [1.82, 2.24) is 9.80 Å². The first-order valence-electron chi connectivity index (χ1n) is 7.45. The highest BCUT2D eigenvalue weighted by atomic mass is 16.5. The van der Waals surface area contributed by atoms with E-state index >= 15 is 0 Å². The maximum absolute atomic E-state index is 6.08. The minimum absolute atomic E-state index is 0.258. The molecule has 0 spiro atoms. The minimum atomic E-state index is 0.258. The first-order valence-corrected chi connectivity index (χ1v) is 7.45. The molecule has 0 radical (unpaired) electrons. The maximum atomic E-state index is 6.08. The summed E-state index contributed by atoms with van der Waals surface area (Å²) in [5.74, 6) is 0. The highest BCUT2D eigenvalue weighted by Gasteiger charge is 2.38. The van der Waals surface area contributed by atoms with Crippen LogP contribution < -0.4 is 5.73 Å². The van der Waals surface area contributed by atoms with Gasteiger partial charge in [-0.3, -0.25) is 4.90 Å². The van der Waals surface area contributed by atoms with Crippen LogP contribution in [-0.2, 0) is 4.74 Å². The van der Waals surface area contributed by atoms with Crippen molar-refractivity contribution in [2.24, 2.45) is 5.73 Å². The predicted molar refractivity (Wildman–Crippen MR) is 74.7 cm³/mol. The number of hydrogen-bond acceptors (Lipinski definition) is 4. The highest BCUT2D eigenvalue weighted by molar-refractivity contribution is 4.96. The van der Waals surface area contributed by atoms with Crippen LogP contribution in [0.1, 0.15) is 32.6 Å². The second-order valence-corrected chi connectivity index (χ2v) is 5.93. The first kappa shape index (κ1) is 14.3. The number of hydrogen-bond donors (Lipinski definition) is 1. The molecule has 0 bridgehead atoms. The van der Waals surface area contributed by atoms with E-state index < -0.39 is 0 Å². The standard InChI is InChI=1S/C14H29N3O/c1-3-17(14(12-15)6-4-5-7-14)11-13-10-16(2)8-9-18-13/h13H,3-12,15H2,1-2H3. The lowest BCUT2D eigenvalue weighted by molar-refractivity contribution is -0.0518. The van der Waals surface area contributed by atoms with Gasteiger partial charge >= 0.3 is 0 Å². The van der Waals surface area contributed by atoms with Crippen molar-refractivity contribution in [2.75, 3.05) is 46.4 Å². The van der Waals surface area contributed by atoms with E-state index in [1.165, 1.54) is 25.7 Å². The van der Waals surface area contributed by atoms with E-state index in [1.54, 1.807) is 0 Å². The van der Waals surface area contributed by atoms with Crippen LogP contribution in [0.5, 0.6) is 0 Å². The van der Waals surface area contributed by atoms with Crippen LogP contribution in [0.3, 0.4) is 0 Å². The lowest BCUT2D eigenvalue weighted by Crippen LogP contribution is -2.56. The van der Waals surface area contributed by atoms with Crippen LogP contribution in [0.2, 0.25) is 0 Å². The van der Waals surface area contributed by atoms with E-state index in [2.05, 4.69) is 23.8 Å². The largest absolute Gasteiger partial charge is 0.374 e. The molecule has 1 aliphatic carbocycles. The predicted octanol–water partition coefficient (Wildman–Crippen LogP) is 0.910. The fourth-order valence-corrected chi connectivity index (χ4v) is 3.56. The van der Waals surface area contributed by atoms with Crippen LogP contribution in [-0.4, -0.2) is 67.8 Å². The molecular formula is C14H29N3O. The molecule has 1 unspecified atom stereocenters. The molecule has 2 fully saturated rings. The zero-order valence-electron chi connectivity index (χ0n) is 12.0. The summed E-state index contributed by atoms with van der Waals surface area (Å²) in [6.45, 7) is 8.15. The Kier molecular flexibility index (Phi) is 5.01. The number of morpholine rings is 1. The summed E-state index contributed by atoms with van der Waals surface area (Å²) >= 11 is 0. The Morgan fingerprint density at radius 3 is 2.67 bits per heavy atom. The van der Waals surface area contributed by atoms with Crippen molar-refractivity contribution in [3.63, 3.8) is 0 Å². The number of nitrogens with zero attached hydrogens (tertiary/aromatic N) is 2. The molecule has 0 aromatic heterocycles. The second kappa shape index (κ2) is 6.33. The van der Waals surface area contributed by atoms with E-state index in [4.69, 9.17) is 10.5 Å². The first-order chi connectivity index (χ1) is 8.70. The van der Waals surface area contributed by atoms with Crippen molar-refractivity contribution >= 4 is 0 Å². The SMILES string of the molecule is CCN(CC1CN(C)CCO1)C1(CN)CCCC1. The molecule has 1 saturated carbocycles. The topological polar surface area (TPSA) is 41.7 Å². The average molecular weight is 255 g/mol. The molecule has 1 aliphatic heterocycles. The Labute approximate surface area is 111 Å². The van der Waals surface area contributed by atoms with Gasteiger partial charge in [0.05, 0.1) is 12.7 Å². The fraction of sp³-hybridized carbons (Fsp3) is 1.00. The van der Waals surface area contributed by atoms with Crippen LogP contribution in [0.25, 0.3) is 0 Å². The molecule has 1 saturated heterocycles. The summed E-state index contributed by atoms with van der Waals surface area (Å²) in [6, 6.07) is 0. The van der Waals surface area contributed by atoms with Gasteiger partial charge in [-0.05, 0) is 26.4 Å². The molecule has 0 amide bonds. The van der Waals surface area contributed by atoms with Gasteiger partial charge in [0.25, 0.3) is 0 Å². The summed E-state index contributed by atoms with van der Waals surface area (Å²) in [6.07, 6.45) is 5.55. The molecule has 0 aromatic rings. The Hall–Kier alpha value is -0.160. The third kappa shape index (κ3) is 3.05. The van der Waals surface area contributed by atoms with Crippen molar-refractivity contribution in [3.8, 4) is 0 Å². The normalized spacial score (nSPS) is 29.0. The molecule has 2 N–H and O–H groups in total. The minimum Gasteiger partial charge on any atom is -0.374 e. The maximum Gasteiger partial charge on any atom is 0.0829 e. The van der Waals surface area contributed by atoms with E-state index in [0.717, 1.165) is 39.3 Å². The van der Waals surface area contributed by atoms with Crippen molar-refractivity contribution in [1.29, 1.82) is 0 Å². The van der Waals surface area contributed by atoms with Gasteiger partial charge < -0.3 is 15.4 Å². The van der Waals surface area contributed by atoms with E-state index in [1.807, 2.05) is 0 Å². The van der Waals surface area contributed by atoms with Gasteiger partial charge in [-0.25, -0.2) is 0 Å². The summed E-state index contributed by atoms with van der Waals surface area (Å²) < 4.78 is 5.91. The van der Waals surface area contributed by atoms with Crippen LogP contribution in [0, 0.1) is 0 Å². The number of nitrogens with two attached hydrogens (primary N) is 1. The summed E-state index contributed by atoms with van der Waals surface area (Å²) in [4.78, 5) is 4.95. The molecule has 106 valence electrons. The lowest BCUT2D eigenvalue weighted by Gasteiger charge is -2.43. The average Bonchev–Trinajstić information content (AvgIpc) is 2.86. The van der Waals surface area contributed by atoms with Crippen molar-refractivity contribution < 1.29 is 4.74 Å². The highest BCUT2D eigenvalue weighted by Crippen LogP contribution is 2.34. The van der Waals surface area contributed by atoms with Gasteiger partial charge in [0, 0.05) is 31.7 Å². The number of likely N-dealkylation sites (N-methyl/N-ethyl adjacent to an activating group) is 2. The molecule has 2 rings (SSSR count). The molecule has 4 heteroatoms. The van der Waals surface area contributed by atoms with Gasteiger partial charge in [-0.2, -0.15) is 0 Å². The van der Waals surface area contributed by atoms with Gasteiger partial charge in [-0.15, -0.1) is 0 Å². The monoisotopic (exact) mass is 255 g/mol. The van der Waals surface area contributed by atoms with Gasteiger partial charge in [0.1, 0.15) is 0 Å². The van der Waals surface area contributed by atoms with Gasteiger partial charge in [-0.1, -0.05) is 19.8 Å². The Morgan fingerprint density at radius 1 is 1.39 bits per heavy atom. The van der Waals surface area contributed by atoms with Crippen LogP contribution in [0.15, 0.2) is 0 Å². The van der Waals surface area contributed by atoms with Crippen LogP contribution in [0.4, 0.5) is 0 Å². The molecule has 4 nitrogen and oxygen atoms in total. The third-order valence-corrected chi connectivity index (χ3v) is 4.73. The summed E-state index contributed by atoms with van der Waals surface area (Å²) in [5, 5.41) is 0. The quantitative estimate of drug-likeness (QED) is 0.793. The van der Waals surface area contributed by atoms with Crippen molar-refractivity contribution in [2.45, 2.75) is 44.2 Å². The van der Waals surface area contributed by atoms with E-state index in [0.29, 0.717) is 6.10 Å². The molecule has 1 atom stereocenters. The third-order valence-electron chi connectivity index (χ3n) is 4.73. The molecule has 0 aromatic carbocycles. The molecular weight excluding hydrogens is 226 g/mol. The number of rotatable bonds is 5. The van der Waals surface area contributed by atoms with E-state index in [9.17, 15) is 0 Å². The Morgan fingerprint density at radius 2 is 2.11 bits per heavy atom. The fourth-order valence-electron chi connectivity index (χ4n) is 3.56. The molecule has 2 aliphatic rings. The molecule has 18 heavy (non-hydrogen) atoms. The Balaban J connectivity index is 1.95. The second-order valence-electron chi connectivity index (χ2n) is 5.93. The van der Waals surface area contributed by atoms with Crippen LogP contribution >= 0.6 is 0 Å². The zero-order chi connectivity index (χ0) is 13.0. The molecule has 1 heterocycles. The van der Waals surface area contributed by atoms with Gasteiger partial charge in [0.15, 0.2) is 0 Å². The smallest absolute Gasteiger partial charge is 0.0829 e. The summed E-state index contributed by atoms with van der Waals surface area (Å²) in [5.41, 5.74) is 6.34. The van der Waals surface area contributed by atoms with Gasteiger partial charge in [0.2, 0.25) is 0 Å².